The maximum Gasteiger partial charge on any atom is 0.178 e. The highest BCUT2D eigenvalue weighted by molar-refractivity contribution is 6.09. The standard InChI is InChI=1S/C61H38N2O2/c1-2-14-39(15-3-1)41-26-29-43(30-27-41)62(44-31-28-40-16-4-5-17-42(40)36-44)45-32-34-47-48-35-33-46(63-55-22-10-6-18-49(55)50-19-7-11-23-56(50)63)38-54(48)61(53(47)37-45)52-21-9-13-25-58(52)64-59-51-20-8-12-24-57(51)65-60(59)61/h1-38H. The summed E-state index contributed by atoms with van der Waals surface area (Å²) in [7, 11) is 0. The molecule has 0 amide bonds. The van der Waals surface area contributed by atoms with Crippen LogP contribution in [0.5, 0.6) is 11.5 Å². The van der Waals surface area contributed by atoms with Gasteiger partial charge in [-0.3, -0.25) is 0 Å². The predicted molar refractivity (Wildman–Crippen MR) is 266 cm³/mol. The summed E-state index contributed by atoms with van der Waals surface area (Å²) in [5.41, 5.74) is 14.6. The smallest absolute Gasteiger partial charge is 0.178 e. The molecule has 0 bridgehead atoms. The lowest BCUT2D eigenvalue weighted by atomic mass is 9.68. The van der Waals surface area contributed by atoms with Crippen molar-refractivity contribution in [1.82, 2.24) is 4.57 Å². The highest BCUT2D eigenvalue weighted by Gasteiger charge is 2.54. The number of rotatable bonds is 5. The molecule has 4 nitrogen and oxygen atoms in total. The van der Waals surface area contributed by atoms with Crippen molar-refractivity contribution in [3.05, 3.63) is 253 Å². The van der Waals surface area contributed by atoms with Crippen molar-refractivity contribution < 1.29 is 9.15 Å². The number of anilines is 3. The quantitative estimate of drug-likeness (QED) is 0.173. The molecule has 0 saturated heterocycles. The monoisotopic (exact) mass is 830 g/mol. The van der Waals surface area contributed by atoms with Gasteiger partial charge in [-0.15, -0.1) is 0 Å². The van der Waals surface area contributed by atoms with Crippen molar-refractivity contribution in [2.45, 2.75) is 5.41 Å². The Morgan fingerprint density at radius 2 is 0.985 bits per heavy atom. The Morgan fingerprint density at radius 3 is 1.78 bits per heavy atom. The Morgan fingerprint density at radius 1 is 0.400 bits per heavy atom. The van der Waals surface area contributed by atoms with Crippen LogP contribution in [-0.4, -0.2) is 4.57 Å². The van der Waals surface area contributed by atoms with E-state index in [0.29, 0.717) is 0 Å². The summed E-state index contributed by atoms with van der Waals surface area (Å²) >= 11 is 0. The van der Waals surface area contributed by atoms with Gasteiger partial charge in [0.05, 0.1) is 16.4 Å². The summed E-state index contributed by atoms with van der Waals surface area (Å²) in [4.78, 5) is 2.40. The van der Waals surface area contributed by atoms with Gasteiger partial charge in [-0.2, -0.15) is 0 Å². The average molecular weight is 831 g/mol. The normalized spacial score (nSPS) is 14.6. The molecule has 0 radical (unpaired) electrons. The second-order valence-corrected chi connectivity index (χ2v) is 17.2. The average Bonchev–Trinajstić information content (AvgIpc) is 4.01. The number of aromatic nitrogens is 1. The summed E-state index contributed by atoms with van der Waals surface area (Å²) in [6.07, 6.45) is 0. The van der Waals surface area contributed by atoms with Crippen molar-refractivity contribution in [3.63, 3.8) is 0 Å². The van der Waals surface area contributed by atoms with Gasteiger partial charge in [-0.25, -0.2) is 0 Å². The van der Waals surface area contributed by atoms with E-state index in [4.69, 9.17) is 9.15 Å². The van der Waals surface area contributed by atoms with Gasteiger partial charge in [-0.05, 0) is 123 Å². The molecule has 2 aliphatic rings. The van der Waals surface area contributed by atoms with Crippen LogP contribution in [0.2, 0.25) is 0 Å². The van der Waals surface area contributed by atoms with Crippen molar-refractivity contribution in [1.29, 1.82) is 0 Å². The number of nitrogens with zero attached hydrogens (tertiary/aromatic N) is 2. The molecule has 2 aromatic heterocycles. The number of hydrogen-bond donors (Lipinski definition) is 0. The first-order valence-electron chi connectivity index (χ1n) is 22.2. The summed E-state index contributed by atoms with van der Waals surface area (Å²) in [5.74, 6) is 2.37. The molecule has 4 heteroatoms. The largest absolute Gasteiger partial charge is 0.455 e. The fraction of sp³-hybridized carbons (Fsp3) is 0.0164. The van der Waals surface area contributed by atoms with Crippen molar-refractivity contribution >= 4 is 60.6 Å². The van der Waals surface area contributed by atoms with Crippen LogP contribution in [0.15, 0.2) is 235 Å². The minimum atomic E-state index is -0.870. The first kappa shape index (κ1) is 35.9. The third-order valence-electron chi connectivity index (χ3n) is 13.8. The van der Waals surface area contributed by atoms with Crippen LogP contribution in [0.3, 0.4) is 0 Å². The number of hydrogen-bond acceptors (Lipinski definition) is 3. The Balaban J connectivity index is 1.05. The molecule has 0 N–H and O–H groups in total. The van der Waals surface area contributed by atoms with Crippen molar-refractivity contribution in [3.8, 4) is 39.4 Å². The molecule has 3 heterocycles. The molecule has 1 aliphatic carbocycles. The lowest BCUT2D eigenvalue weighted by Crippen LogP contribution is -2.31. The van der Waals surface area contributed by atoms with Gasteiger partial charge >= 0.3 is 0 Å². The number of fused-ring (bicyclic) bond motifs is 15. The van der Waals surface area contributed by atoms with Gasteiger partial charge in [-0.1, -0.05) is 152 Å². The Labute approximate surface area is 375 Å². The van der Waals surface area contributed by atoms with E-state index in [0.717, 1.165) is 67.7 Å². The molecule has 1 unspecified atom stereocenters. The molecule has 14 rings (SSSR count). The summed E-state index contributed by atoms with van der Waals surface area (Å²) < 4.78 is 16.6. The van der Waals surface area contributed by atoms with E-state index in [-0.39, 0.29) is 0 Å². The second kappa shape index (κ2) is 13.7. The molecule has 10 aromatic carbocycles. The maximum absolute atomic E-state index is 7.20. The van der Waals surface area contributed by atoms with E-state index in [9.17, 15) is 0 Å². The van der Waals surface area contributed by atoms with E-state index >= 15 is 0 Å². The van der Waals surface area contributed by atoms with Crippen LogP contribution in [0, 0.1) is 0 Å². The molecular weight excluding hydrogens is 793 g/mol. The zero-order chi connectivity index (χ0) is 42.6. The first-order valence-corrected chi connectivity index (χ1v) is 22.2. The summed E-state index contributed by atoms with van der Waals surface area (Å²) in [5, 5.41) is 5.80. The summed E-state index contributed by atoms with van der Waals surface area (Å²) in [6.45, 7) is 0. The van der Waals surface area contributed by atoms with Gasteiger partial charge in [0.2, 0.25) is 0 Å². The van der Waals surface area contributed by atoms with Crippen LogP contribution >= 0.6 is 0 Å². The van der Waals surface area contributed by atoms with Crippen molar-refractivity contribution in [2.24, 2.45) is 0 Å². The van der Waals surface area contributed by atoms with E-state index in [1.807, 2.05) is 6.07 Å². The minimum Gasteiger partial charge on any atom is -0.455 e. The zero-order valence-corrected chi connectivity index (χ0v) is 35.2. The number of para-hydroxylation sites is 4. The zero-order valence-electron chi connectivity index (χ0n) is 35.2. The molecule has 65 heavy (non-hydrogen) atoms. The minimum absolute atomic E-state index is 0.758. The van der Waals surface area contributed by atoms with Crippen molar-refractivity contribution in [2.75, 3.05) is 4.90 Å². The van der Waals surface area contributed by atoms with E-state index in [1.165, 1.54) is 54.8 Å². The van der Waals surface area contributed by atoms with Gasteiger partial charge in [0.1, 0.15) is 16.7 Å². The van der Waals surface area contributed by atoms with Gasteiger partial charge < -0.3 is 18.6 Å². The number of benzene rings is 10. The Hall–Kier alpha value is -8.60. The highest BCUT2D eigenvalue weighted by Crippen LogP contribution is 2.64. The molecule has 1 atom stereocenters. The van der Waals surface area contributed by atoms with E-state index in [1.54, 1.807) is 0 Å². The third-order valence-corrected chi connectivity index (χ3v) is 13.8. The molecule has 1 spiro atoms. The van der Waals surface area contributed by atoms with E-state index in [2.05, 4.69) is 234 Å². The number of furan rings is 1. The lowest BCUT2D eigenvalue weighted by Gasteiger charge is -2.37. The van der Waals surface area contributed by atoms with Crippen LogP contribution in [0.1, 0.15) is 22.5 Å². The number of ether oxygens (including phenoxy) is 1. The van der Waals surface area contributed by atoms with Gasteiger partial charge in [0, 0.05) is 39.1 Å². The maximum atomic E-state index is 7.20. The predicted octanol–water partition coefficient (Wildman–Crippen LogP) is 16.3. The molecule has 0 saturated carbocycles. The lowest BCUT2D eigenvalue weighted by molar-refractivity contribution is 0.389. The molecule has 0 fully saturated rings. The van der Waals surface area contributed by atoms with Crippen LogP contribution in [0.4, 0.5) is 17.1 Å². The van der Waals surface area contributed by atoms with Crippen LogP contribution in [-0.2, 0) is 5.41 Å². The SMILES string of the molecule is c1ccc(-c2ccc(N(c3ccc4c(c3)C3(c5ccccc5Oc5c3oc3ccccc53)c3cc(-n5c6ccccc6c6ccccc65)ccc3-4)c3ccc4ccccc4c3)cc2)cc1. The molecular formula is C61H38N2O2. The fourth-order valence-corrected chi connectivity index (χ4v) is 11.0. The van der Waals surface area contributed by atoms with Crippen LogP contribution < -0.4 is 9.64 Å². The Bertz CT molecular complexity index is 3830. The van der Waals surface area contributed by atoms with E-state index < -0.39 is 5.41 Å². The molecule has 304 valence electrons. The van der Waals surface area contributed by atoms with Gasteiger partial charge in [0.15, 0.2) is 11.5 Å². The topological polar surface area (TPSA) is 30.5 Å². The third kappa shape index (κ3) is 5.13. The first-order chi connectivity index (χ1) is 32.2. The fourth-order valence-electron chi connectivity index (χ4n) is 11.0. The second-order valence-electron chi connectivity index (χ2n) is 17.2. The Kier molecular flexibility index (Phi) is 7.57. The highest BCUT2D eigenvalue weighted by atomic mass is 16.5. The molecule has 12 aromatic rings. The molecule has 1 aliphatic heterocycles. The summed E-state index contributed by atoms with van der Waals surface area (Å²) in [6, 6.07) is 83.2. The van der Waals surface area contributed by atoms with Gasteiger partial charge in [0.25, 0.3) is 0 Å². The van der Waals surface area contributed by atoms with Crippen LogP contribution in [0.25, 0.3) is 71.5 Å².